The number of fused-ring (bicyclic) bond motifs is 1. The number of nitrogens with zero attached hydrogens (tertiary/aromatic N) is 4. The average Bonchev–Trinajstić information content (AvgIpc) is 3.01. The van der Waals surface area contributed by atoms with Gasteiger partial charge in [-0.3, -0.25) is 18.6 Å². The number of aliphatic hydroxyl groups excluding tert-OH is 3. The molecule has 3 N–H and O–H groups in total. The maximum absolute atomic E-state index is 12.3. The Morgan fingerprint density at radius 3 is 2.30 bits per heavy atom. The maximum atomic E-state index is 12.3. The molecule has 126 valence electrons. The van der Waals surface area contributed by atoms with Crippen molar-refractivity contribution in [2.45, 2.75) is 24.4 Å². The quantitative estimate of drug-likeness (QED) is 0.540. The van der Waals surface area contributed by atoms with E-state index in [0.29, 0.717) is 0 Å². The fourth-order valence-electron chi connectivity index (χ4n) is 2.99. The molecule has 4 atom stereocenters. The Kier molecular flexibility index (Phi) is 3.64. The van der Waals surface area contributed by atoms with Crippen molar-refractivity contribution < 1.29 is 20.1 Å². The fraction of sp³-hybridized carbons (Fsp3) is 0.615. The topological polar surface area (TPSA) is 132 Å². The molecule has 10 nitrogen and oxygen atoms in total. The Bertz CT molecular complexity index is 881. The van der Waals surface area contributed by atoms with Gasteiger partial charge in [0.1, 0.15) is 35.6 Å². The molecule has 0 radical (unpaired) electrons. The van der Waals surface area contributed by atoms with Crippen LogP contribution >= 0.6 is 0 Å². The van der Waals surface area contributed by atoms with Gasteiger partial charge >= 0.3 is 5.69 Å². The summed E-state index contributed by atoms with van der Waals surface area (Å²) in [5.74, 6) is 0. The largest absolute Gasteiger partial charge is 0.394 e. The first-order chi connectivity index (χ1) is 10.8. The van der Waals surface area contributed by atoms with Crippen LogP contribution in [0.4, 0.5) is 0 Å². The molecule has 3 heterocycles. The lowest BCUT2D eigenvalue weighted by Crippen LogP contribution is -2.37. The van der Waals surface area contributed by atoms with Crippen LogP contribution < -0.4 is 11.2 Å². The average molecular weight is 326 g/mol. The number of ether oxygens (including phenoxy) is 1. The Morgan fingerprint density at radius 1 is 1.09 bits per heavy atom. The van der Waals surface area contributed by atoms with Gasteiger partial charge in [0.25, 0.3) is 5.56 Å². The first-order valence-electron chi connectivity index (χ1n) is 7.04. The van der Waals surface area contributed by atoms with Crippen molar-refractivity contribution in [1.29, 1.82) is 0 Å². The van der Waals surface area contributed by atoms with E-state index in [-0.39, 0.29) is 16.7 Å². The standard InChI is InChI=1S/C13H18N4O6/c1-15-7-6(11-10(20)9(19)5(4-18)23-11)14-17(3)8(7)12(21)16(2)13(15)22/h5,9-11,18-20H,4H2,1-3H3/t5-,9-,10-,11+/m1/s1. The van der Waals surface area contributed by atoms with Gasteiger partial charge in [-0.25, -0.2) is 4.79 Å². The van der Waals surface area contributed by atoms with E-state index in [0.717, 1.165) is 4.57 Å². The zero-order chi connectivity index (χ0) is 17.0. The van der Waals surface area contributed by atoms with Crippen LogP contribution in [0.5, 0.6) is 0 Å². The third-order valence-corrected chi connectivity index (χ3v) is 4.28. The van der Waals surface area contributed by atoms with Gasteiger partial charge in [0, 0.05) is 21.1 Å². The number of aryl methyl sites for hydroxylation is 2. The third-order valence-electron chi connectivity index (χ3n) is 4.28. The molecule has 1 saturated heterocycles. The van der Waals surface area contributed by atoms with Crippen molar-refractivity contribution in [3.63, 3.8) is 0 Å². The highest BCUT2D eigenvalue weighted by molar-refractivity contribution is 5.77. The lowest BCUT2D eigenvalue weighted by molar-refractivity contribution is -0.0237. The first kappa shape index (κ1) is 15.9. The summed E-state index contributed by atoms with van der Waals surface area (Å²) in [4.78, 5) is 24.5. The smallest absolute Gasteiger partial charge is 0.331 e. The molecule has 2 aromatic rings. The number of aliphatic hydroxyl groups is 3. The highest BCUT2D eigenvalue weighted by Gasteiger charge is 2.45. The van der Waals surface area contributed by atoms with Crippen molar-refractivity contribution >= 4 is 11.0 Å². The first-order valence-corrected chi connectivity index (χ1v) is 7.04. The Hall–Kier alpha value is -2.01. The molecular formula is C13H18N4O6. The summed E-state index contributed by atoms with van der Waals surface area (Å²) < 4.78 is 8.97. The van der Waals surface area contributed by atoms with Crippen molar-refractivity contribution in [3.05, 3.63) is 26.5 Å². The zero-order valence-electron chi connectivity index (χ0n) is 12.9. The van der Waals surface area contributed by atoms with E-state index in [1.165, 1.54) is 23.3 Å². The van der Waals surface area contributed by atoms with Gasteiger partial charge in [-0.2, -0.15) is 5.10 Å². The van der Waals surface area contributed by atoms with E-state index < -0.39 is 42.3 Å². The van der Waals surface area contributed by atoms with Gasteiger partial charge < -0.3 is 20.1 Å². The summed E-state index contributed by atoms with van der Waals surface area (Å²) in [6.07, 6.45) is -4.63. The lowest BCUT2D eigenvalue weighted by Gasteiger charge is -2.13. The monoisotopic (exact) mass is 326 g/mol. The summed E-state index contributed by atoms with van der Waals surface area (Å²) in [6, 6.07) is 0. The molecule has 1 aliphatic rings. The molecule has 1 aliphatic heterocycles. The molecule has 0 spiro atoms. The van der Waals surface area contributed by atoms with E-state index in [1.807, 2.05) is 0 Å². The lowest BCUT2D eigenvalue weighted by atomic mass is 10.1. The molecular weight excluding hydrogens is 308 g/mol. The maximum Gasteiger partial charge on any atom is 0.331 e. The van der Waals surface area contributed by atoms with Crippen LogP contribution in [0.1, 0.15) is 11.8 Å². The van der Waals surface area contributed by atoms with Gasteiger partial charge in [-0.15, -0.1) is 0 Å². The molecule has 0 amide bonds. The summed E-state index contributed by atoms with van der Waals surface area (Å²) in [5, 5.41) is 33.4. The normalized spacial score (nSPS) is 27.9. The van der Waals surface area contributed by atoms with Crippen molar-refractivity contribution in [3.8, 4) is 0 Å². The highest BCUT2D eigenvalue weighted by Crippen LogP contribution is 2.35. The van der Waals surface area contributed by atoms with Crippen LogP contribution in [0.15, 0.2) is 9.59 Å². The molecule has 0 unspecified atom stereocenters. The van der Waals surface area contributed by atoms with Crippen LogP contribution in [-0.2, 0) is 25.9 Å². The minimum atomic E-state index is -1.33. The van der Waals surface area contributed by atoms with Gasteiger partial charge in [-0.1, -0.05) is 0 Å². The minimum Gasteiger partial charge on any atom is -0.394 e. The molecule has 2 aromatic heterocycles. The van der Waals surface area contributed by atoms with Gasteiger partial charge in [0.15, 0.2) is 5.52 Å². The van der Waals surface area contributed by atoms with Crippen LogP contribution in [0.25, 0.3) is 11.0 Å². The minimum absolute atomic E-state index is 0.169. The SMILES string of the molecule is Cn1c(=O)c2c(c([C@@H]3O[C@H](CO)[C@@H](O)[C@H]3O)nn2C)n(C)c1=O. The Balaban J connectivity index is 2.29. The van der Waals surface area contributed by atoms with E-state index in [4.69, 9.17) is 4.74 Å². The van der Waals surface area contributed by atoms with E-state index in [2.05, 4.69) is 5.10 Å². The molecule has 0 saturated carbocycles. The van der Waals surface area contributed by atoms with Crippen molar-refractivity contribution in [2.24, 2.45) is 21.1 Å². The van der Waals surface area contributed by atoms with Crippen LogP contribution in [-0.4, -0.2) is 59.2 Å². The summed E-state index contributed by atoms with van der Waals surface area (Å²) in [6.45, 7) is -0.472. The summed E-state index contributed by atoms with van der Waals surface area (Å²) in [7, 11) is 4.39. The Labute approximate surface area is 129 Å². The zero-order valence-corrected chi connectivity index (χ0v) is 12.9. The molecule has 1 fully saturated rings. The van der Waals surface area contributed by atoms with Gasteiger partial charge in [0.2, 0.25) is 0 Å². The van der Waals surface area contributed by atoms with Gasteiger partial charge in [-0.05, 0) is 0 Å². The predicted molar refractivity (Wildman–Crippen MR) is 77.9 cm³/mol. The van der Waals surface area contributed by atoms with E-state index >= 15 is 0 Å². The van der Waals surface area contributed by atoms with Crippen molar-refractivity contribution in [1.82, 2.24) is 18.9 Å². The highest BCUT2D eigenvalue weighted by atomic mass is 16.6. The second kappa shape index (κ2) is 5.27. The third kappa shape index (κ3) is 2.06. The van der Waals surface area contributed by atoms with Gasteiger partial charge in [0.05, 0.1) is 6.61 Å². The molecule has 0 aromatic carbocycles. The van der Waals surface area contributed by atoms with Crippen LogP contribution in [0, 0.1) is 0 Å². The van der Waals surface area contributed by atoms with E-state index in [9.17, 15) is 24.9 Å². The second-order valence-corrected chi connectivity index (χ2v) is 5.67. The van der Waals surface area contributed by atoms with Crippen LogP contribution in [0.2, 0.25) is 0 Å². The number of hydrogen-bond acceptors (Lipinski definition) is 7. The second-order valence-electron chi connectivity index (χ2n) is 5.67. The summed E-state index contributed by atoms with van der Waals surface area (Å²) in [5.41, 5.74) is -0.473. The fourth-order valence-corrected chi connectivity index (χ4v) is 2.99. The molecule has 23 heavy (non-hydrogen) atoms. The number of aromatic nitrogens is 4. The predicted octanol–water partition coefficient (Wildman–Crippen LogP) is -2.88. The summed E-state index contributed by atoms with van der Waals surface area (Å²) >= 11 is 0. The number of hydrogen-bond donors (Lipinski definition) is 3. The molecule has 0 bridgehead atoms. The Morgan fingerprint density at radius 2 is 1.74 bits per heavy atom. The van der Waals surface area contributed by atoms with Crippen LogP contribution in [0.3, 0.4) is 0 Å². The molecule has 10 heteroatoms. The van der Waals surface area contributed by atoms with Crippen molar-refractivity contribution in [2.75, 3.05) is 6.61 Å². The number of rotatable bonds is 2. The molecule has 0 aliphatic carbocycles. The van der Waals surface area contributed by atoms with E-state index in [1.54, 1.807) is 7.05 Å². The molecule has 3 rings (SSSR count).